The van der Waals surface area contributed by atoms with E-state index in [9.17, 15) is 4.39 Å². The van der Waals surface area contributed by atoms with Crippen molar-refractivity contribution < 1.29 is 23.3 Å². The van der Waals surface area contributed by atoms with Gasteiger partial charge in [0.1, 0.15) is 12.4 Å². The topological polar surface area (TPSA) is 49.0 Å². The Morgan fingerprint density at radius 3 is 2.71 bits per heavy atom. The van der Waals surface area contributed by atoms with Crippen LogP contribution in [0.4, 0.5) is 4.39 Å². The van der Waals surface area contributed by atoms with E-state index in [2.05, 4.69) is 21.2 Å². The lowest BCUT2D eigenvalue weighted by molar-refractivity contribution is 0.174. The molecule has 1 N–H and O–H groups in total. The molecule has 0 amide bonds. The Hall–Kier alpha value is -2.48. The smallest absolute Gasteiger partial charge is 0.231 e. The predicted molar refractivity (Wildman–Crippen MR) is 120 cm³/mol. The Bertz CT molecular complexity index is 1080. The number of ether oxygens (including phenoxy) is 4. The molecule has 0 radical (unpaired) electrons. The molecule has 0 fully saturated rings. The van der Waals surface area contributed by atoms with Gasteiger partial charge in [-0.2, -0.15) is 0 Å². The van der Waals surface area contributed by atoms with Crippen LogP contribution >= 0.6 is 27.5 Å². The third-order valence-corrected chi connectivity index (χ3v) is 5.97. The molecular weight excluding hydrogens is 489 g/mol. The first-order valence-electron chi connectivity index (χ1n) is 9.57. The normalized spacial score (nSPS) is 12.1. The van der Waals surface area contributed by atoms with Crippen molar-refractivity contribution in [3.63, 3.8) is 0 Å². The number of hydrogen-bond donors (Lipinski definition) is 1. The van der Waals surface area contributed by atoms with Crippen molar-refractivity contribution in [2.45, 2.75) is 19.7 Å². The quantitative estimate of drug-likeness (QED) is 0.414. The third-order valence-electron chi connectivity index (χ3n) is 4.88. The van der Waals surface area contributed by atoms with E-state index in [1.807, 2.05) is 24.3 Å². The summed E-state index contributed by atoms with van der Waals surface area (Å²) in [6.07, 6.45) is 0. The minimum absolute atomic E-state index is 0.0204. The first-order valence-corrected chi connectivity index (χ1v) is 10.7. The Morgan fingerprint density at radius 1 is 1.06 bits per heavy atom. The monoisotopic (exact) mass is 507 g/mol. The molecule has 1 aliphatic rings. The van der Waals surface area contributed by atoms with Crippen LogP contribution in [0.3, 0.4) is 0 Å². The summed E-state index contributed by atoms with van der Waals surface area (Å²) in [5.41, 5.74) is 2.21. The van der Waals surface area contributed by atoms with Gasteiger partial charge in [-0.25, -0.2) is 4.39 Å². The van der Waals surface area contributed by atoms with Crippen molar-refractivity contribution in [1.29, 1.82) is 0 Å². The summed E-state index contributed by atoms with van der Waals surface area (Å²) < 4.78 is 37.3. The van der Waals surface area contributed by atoms with Gasteiger partial charge >= 0.3 is 0 Å². The highest BCUT2D eigenvalue weighted by molar-refractivity contribution is 9.10. The molecular formula is C23H20BrClFNO4. The molecule has 0 aliphatic carbocycles. The number of rotatable bonds is 8. The fourth-order valence-electron chi connectivity index (χ4n) is 3.26. The molecule has 3 aromatic rings. The molecule has 1 aliphatic heterocycles. The van der Waals surface area contributed by atoms with E-state index in [1.165, 1.54) is 6.07 Å². The zero-order valence-electron chi connectivity index (χ0n) is 16.7. The predicted octanol–water partition coefficient (Wildman–Crippen LogP) is 5.85. The fourth-order valence-corrected chi connectivity index (χ4v) is 3.93. The van der Waals surface area contributed by atoms with E-state index in [0.29, 0.717) is 35.2 Å². The van der Waals surface area contributed by atoms with E-state index in [-0.39, 0.29) is 13.4 Å². The molecule has 1 heterocycles. The lowest BCUT2D eigenvalue weighted by Crippen LogP contribution is -2.15. The van der Waals surface area contributed by atoms with Crippen LogP contribution in [-0.4, -0.2) is 13.9 Å². The van der Waals surface area contributed by atoms with Crippen LogP contribution < -0.4 is 24.3 Å². The minimum atomic E-state index is -0.413. The first-order chi connectivity index (χ1) is 15.1. The minimum Gasteiger partial charge on any atom is -0.493 e. The second kappa shape index (κ2) is 9.77. The first kappa shape index (κ1) is 21.7. The van der Waals surface area contributed by atoms with E-state index in [0.717, 1.165) is 27.1 Å². The third kappa shape index (κ3) is 4.89. The van der Waals surface area contributed by atoms with E-state index < -0.39 is 5.82 Å². The largest absolute Gasteiger partial charge is 0.493 e. The average Bonchev–Trinajstić information content (AvgIpc) is 3.23. The SMILES string of the molecule is COc1ccc(Br)c(CNCc2ccc3c(c2)OCO3)c1OCc1c(F)cccc1Cl. The van der Waals surface area contributed by atoms with Gasteiger partial charge in [0.2, 0.25) is 6.79 Å². The molecule has 0 saturated heterocycles. The Morgan fingerprint density at radius 2 is 1.90 bits per heavy atom. The maximum atomic E-state index is 14.2. The number of hydrogen-bond acceptors (Lipinski definition) is 5. The molecule has 31 heavy (non-hydrogen) atoms. The van der Waals surface area contributed by atoms with E-state index >= 15 is 0 Å². The maximum absolute atomic E-state index is 14.2. The van der Waals surface area contributed by atoms with Crippen LogP contribution in [0.5, 0.6) is 23.0 Å². The Labute approximate surface area is 193 Å². The average molecular weight is 509 g/mol. The van der Waals surface area contributed by atoms with Gasteiger partial charge in [-0.3, -0.25) is 0 Å². The van der Waals surface area contributed by atoms with Crippen LogP contribution in [0.25, 0.3) is 0 Å². The van der Waals surface area contributed by atoms with Crippen molar-refractivity contribution >= 4 is 27.5 Å². The second-order valence-electron chi connectivity index (χ2n) is 6.84. The molecule has 0 unspecified atom stereocenters. The van der Waals surface area contributed by atoms with Crippen molar-refractivity contribution in [2.24, 2.45) is 0 Å². The summed E-state index contributed by atoms with van der Waals surface area (Å²) in [4.78, 5) is 0. The Balaban J connectivity index is 1.50. The van der Waals surface area contributed by atoms with Gasteiger partial charge < -0.3 is 24.3 Å². The van der Waals surface area contributed by atoms with Crippen LogP contribution in [0, 0.1) is 5.82 Å². The van der Waals surface area contributed by atoms with Gasteiger partial charge in [0.15, 0.2) is 23.0 Å². The zero-order chi connectivity index (χ0) is 21.8. The molecule has 0 aromatic heterocycles. The number of nitrogens with one attached hydrogen (secondary N) is 1. The molecule has 8 heteroatoms. The van der Waals surface area contributed by atoms with Gasteiger partial charge in [0, 0.05) is 28.7 Å². The van der Waals surface area contributed by atoms with Gasteiger partial charge in [-0.05, 0) is 42.0 Å². The van der Waals surface area contributed by atoms with Crippen molar-refractivity contribution in [3.8, 4) is 23.0 Å². The van der Waals surface area contributed by atoms with Crippen LogP contribution in [0.15, 0.2) is 53.0 Å². The maximum Gasteiger partial charge on any atom is 0.231 e. The number of fused-ring (bicyclic) bond motifs is 1. The lowest BCUT2D eigenvalue weighted by Gasteiger charge is -2.18. The van der Waals surface area contributed by atoms with Gasteiger partial charge in [-0.1, -0.05) is 39.7 Å². The van der Waals surface area contributed by atoms with Gasteiger partial charge in [0.05, 0.1) is 12.1 Å². The van der Waals surface area contributed by atoms with Crippen molar-refractivity contribution in [2.75, 3.05) is 13.9 Å². The zero-order valence-corrected chi connectivity index (χ0v) is 19.1. The van der Waals surface area contributed by atoms with E-state index in [1.54, 1.807) is 25.3 Å². The standard InChI is InChI=1S/C23H20BrClFNO4/c1-28-21-8-6-17(24)15(23(21)29-12-16-18(25)3-2-4-19(16)26)11-27-10-14-5-7-20-22(9-14)31-13-30-20/h2-9,27H,10-13H2,1H3. The molecule has 0 bridgehead atoms. The number of methoxy groups -OCH3 is 1. The highest BCUT2D eigenvalue weighted by atomic mass is 79.9. The molecule has 0 spiro atoms. The van der Waals surface area contributed by atoms with E-state index in [4.69, 9.17) is 30.5 Å². The van der Waals surface area contributed by atoms with Gasteiger partial charge in [0.25, 0.3) is 0 Å². The van der Waals surface area contributed by atoms with Crippen LogP contribution in [-0.2, 0) is 19.7 Å². The summed E-state index contributed by atoms with van der Waals surface area (Å²) in [6.45, 7) is 1.33. The van der Waals surface area contributed by atoms with Crippen molar-refractivity contribution in [3.05, 3.63) is 80.5 Å². The van der Waals surface area contributed by atoms with Crippen LogP contribution in [0.2, 0.25) is 5.02 Å². The number of benzene rings is 3. The van der Waals surface area contributed by atoms with Crippen molar-refractivity contribution in [1.82, 2.24) is 5.32 Å². The molecule has 4 rings (SSSR count). The summed E-state index contributed by atoms with van der Waals surface area (Å²) in [7, 11) is 1.57. The summed E-state index contributed by atoms with van der Waals surface area (Å²) >= 11 is 9.72. The second-order valence-corrected chi connectivity index (χ2v) is 8.10. The Kier molecular flexibility index (Phi) is 6.85. The van der Waals surface area contributed by atoms with Gasteiger partial charge in [-0.15, -0.1) is 0 Å². The van der Waals surface area contributed by atoms with Crippen LogP contribution in [0.1, 0.15) is 16.7 Å². The molecule has 3 aromatic carbocycles. The summed E-state index contributed by atoms with van der Waals surface area (Å²) in [5, 5.41) is 3.72. The summed E-state index contributed by atoms with van der Waals surface area (Å²) in [6, 6.07) is 14.1. The summed E-state index contributed by atoms with van der Waals surface area (Å²) in [5.74, 6) is 2.16. The molecule has 0 saturated carbocycles. The fraction of sp³-hybridized carbons (Fsp3) is 0.217. The highest BCUT2D eigenvalue weighted by Crippen LogP contribution is 2.37. The lowest BCUT2D eigenvalue weighted by atomic mass is 10.1. The highest BCUT2D eigenvalue weighted by Gasteiger charge is 2.17. The molecule has 162 valence electrons. The molecule has 5 nitrogen and oxygen atoms in total. The number of halogens is 3. The molecule has 0 atom stereocenters.